The Morgan fingerprint density at radius 3 is 2.58 bits per heavy atom. The molecule has 0 aliphatic carbocycles. The highest BCUT2D eigenvalue weighted by Gasteiger charge is 2.19. The van der Waals surface area contributed by atoms with Gasteiger partial charge in [-0.05, 0) is 49.6 Å². The van der Waals surface area contributed by atoms with Gasteiger partial charge < -0.3 is 18.3 Å². The van der Waals surface area contributed by atoms with E-state index in [0.717, 1.165) is 10.9 Å². The zero-order valence-electron chi connectivity index (χ0n) is 17.1. The average molecular weight is 420 g/mol. The van der Waals surface area contributed by atoms with Gasteiger partial charge in [0.05, 0.1) is 6.61 Å². The van der Waals surface area contributed by atoms with Gasteiger partial charge in [0.1, 0.15) is 16.9 Å². The lowest BCUT2D eigenvalue weighted by Crippen LogP contribution is -2.11. The summed E-state index contributed by atoms with van der Waals surface area (Å²) in [5.41, 5.74) is 1.69. The Hall–Kier alpha value is -3.87. The van der Waals surface area contributed by atoms with Gasteiger partial charge in [0.15, 0.2) is 0 Å². The van der Waals surface area contributed by atoms with Gasteiger partial charge in [-0.2, -0.15) is 0 Å². The van der Waals surface area contributed by atoms with Gasteiger partial charge in [0, 0.05) is 29.3 Å². The van der Waals surface area contributed by atoms with Crippen LogP contribution in [0.5, 0.6) is 5.75 Å². The van der Waals surface area contributed by atoms with Crippen LogP contribution in [0.1, 0.15) is 35.0 Å². The molecular weight excluding hydrogens is 400 g/mol. The number of carbonyl (C=O) groups excluding carboxylic acids is 2. The molecule has 0 aliphatic heterocycles. The molecule has 0 fully saturated rings. The predicted molar refractivity (Wildman–Crippen MR) is 113 cm³/mol. The maximum Gasteiger partial charge on any atom is 0.379 e. The van der Waals surface area contributed by atoms with E-state index in [1.165, 1.54) is 12.1 Å². The van der Waals surface area contributed by atoms with E-state index >= 15 is 0 Å². The van der Waals surface area contributed by atoms with Crippen LogP contribution in [0.25, 0.3) is 21.9 Å². The maximum absolute atomic E-state index is 12.7. The lowest BCUT2D eigenvalue weighted by Gasteiger charge is -2.11. The number of rotatable bonds is 6. The first-order valence-electron chi connectivity index (χ1n) is 9.88. The molecule has 7 heteroatoms. The lowest BCUT2D eigenvalue weighted by atomic mass is 10.0. The number of esters is 2. The normalized spacial score (nSPS) is 11.0. The first-order chi connectivity index (χ1) is 14.9. The van der Waals surface area contributed by atoms with Crippen molar-refractivity contribution < 1.29 is 27.9 Å². The van der Waals surface area contributed by atoms with Gasteiger partial charge >= 0.3 is 17.6 Å². The van der Waals surface area contributed by atoms with Crippen molar-refractivity contribution in [2.75, 3.05) is 6.61 Å². The topological polar surface area (TPSA) is 96.0 Å². The fourth-order valence-electron chi connectivity index (χ4n) is 3.38. The van der Waals surface area contributed by atoms with Crippen molar-refractivity contribution in [3.63, 3.8) is 0 Å². The van der Waals surface area contributed by atoms with E-state index in [1.807, 2.05) is 18.2 Å². The molecule has 158 valence electrons. The molecule has 7 nitrogen and oxygen atoms in total. The first kappa shape index (κ1) is 20.4. The lowest BCUT2D eigenvalue weighted by molar-refractivity contribution is -0.143. The number of ether oxygens (including phenoxy) is 2. The number of carbonyl (C=O) groups is 2. The minimum absolute atomic E-state index is 0.0448. The average Bonchev–Trinajstić information content (AvgIpc) is 3.17. The van der Waals surface area contributed by atoms with E-state index in [4.69, 9.17) is 18.3 Å². The third kappa shape index (κ3) is 4.35. The number of para-hydroxylation sites is 1. The zero-order valence-corrected chi connectivity index (χ0v) is 17.1. The molecule has 0 unspecified atom stereocenters. The highest BCUT2D eigenvalue weighted by atomic mass is 16.5. The van der Waals surface area contributed by atoms with Crippen LogP contribution in [0.15, 0.2) is 62.2 Å². The van der Waals surface area contributed by atoms with E-state index in [0.29, 0.717) is 16.5 Å². The summed E-state index contributed by atoms with van der Waals surface area (Å²) in [6.07, 6.45) is 0.403. The van der Waals surface area contributed by atoms with Crippen LogP contribution in [0, 0.1) is 6.92 Å². The number of furan rings is 1. The molecule has 2 aromatic carbocycles. The molecule has 0 saturated heterocycles. The Bertz CT molecular complexity index is 1310. The van der Waals surface area contributed by atoms with Crippen LogP contribution in [0.2, 0.25) is 0 Å². The quantitative estimate of drug-likeness (QED) is 0.256. The molecule has 4 rings (SSSR count). The molecule has 31 heavy (non-hydrogen) atoms. The molecule has 0 aliphatic rings. The van der Waals surface area contributed by atoms with E-state index in [1.54, 1.807) is 32.0 Å². The summed E-state index contributed by atoms with van der Waals surface area (Å²) < 4.78 is 21.4. The summed E-state index contributed by atoms with van der Waals surface area (Å²) in [5, 5.41) is 1.47. The molecule has 0 saturated carbocycles. The van der Waals surface area contributed by atoms with Gasteiger partial charge in [-0.15, -0.1) is 0 Å². The molecule has 0 N–H and O–H groups in total. The van der Waals surface area contributed by atoms with Crippen LogP contribution in [-0.4, -0.2) is 18.5 Å². The second-order valence-electron chi connectivity index (χ2n) is 7.05. The largest absolute Gasteiger partial charge is 0.466 e. The summed E-state index contributed by atoms with van der Waals surface area (Å²) in [6.45, 7) is 3.81. The van der Waals surface area contributed by atoms with Crippen LogP contribution < -0.4 is 10.4 Å². The third-order valence-electron chi connectivity index (χ3n) is 4.87. The van der Waals surface area contributed by atoms with Crippen molar-refractivity contribution in [1.82, 2.24) is 0 Å². The molecule has 0 bridgehead atoms. The highest BCUT2D eigenvalue weighted by Crippen LogP contribution is 2.30. The Morgan fingerprint density at radius 2 is 1.81 bits per heavy atom. The van der Waals surface area contributed by atoms with E-state index in [-0.39, 0.29) is 42.5 Å². The molecule has 0 atom stereocenters. The van der Waals surface area contributed by atoms with Crippen molar-refractivity contribution in [2.45, 2.75) is 26.7 Å². The summed E-state index contributed by atoms with van der Waals surface area (Å²) in [4.78, 5) is 36.4. The number of fused-ring (bicyclic) bond motifs is 2. The van der Waals surface area contributed by atoms with Gasteiger partial charge in [0.2, 0.25) is 5.76 Å². The van der Waals surface area contributed by atoms with Crippen molar-refractivity contribution in [3.05, 3.63) is 75.8 Å². The SMILES string of the molecule is CCOC(=O)CCc1cc2c(C)cc(=O)oc2cc1OC(=O)c1cc2ccccc2o1. The molecule has 0 amide bonds. The van der Waals surface area contributed by atoms with Crippen LogP contribution in [-0.2, 0) is 16.0 Å². The van der Waals surface area contributed by atoms with Crippen molar-refractivity contribution in [2.24, 2.45) is 0 Å². The third-order valence-corrected chi connectivity index (χ3v) is 4.87. The molecule has 0 radical (unpaired) electrons. The van der Waals surface area contributed by atoms with Gasteiger partial charge in [-0.1, -0.05) is 18.2 Å². The van der Waals surface area contributed by atoms with Gasteiger partial charge in [-0.25, -0.2) is 9.59 Å². The van der Waals surface area contributed by atoms with Gasteiger partial charge in [0.25, 0.3) is 0 Å². The minimum Gasteiger partial charge on any atom is -0.466 e. The first-order valence-corrected chi connectivity index (χ1v) is 9.88. The fraction of sp³-hybridized carbons (Fsp3) is 0.208. The number of hydrogen-bond acceptors (Lipinski definition) is 7. The smallest absolute Gasteiger partial charge is 0.379 e. The number of benzene rings is 2. The van der Waals surface area contributed by atoms with Crippen molar-refractivity contribution in [1.29, 1.82) is 0 Å². The molecule has 0 spiro atoms. The monoisotopic (exact) mass is 420 g/mol. The van der Waals surface area contributed by atoms with E-state index in [9.17, 15) is 14.4 Å². The van der Waals surface area contributed by atoms with Crippen LogP contribution in [0.3, 0.4) is 0 Å². The number of aryl methyl sites for hydroxylation is 2. The Balaban J connectivity index is 1.70. The molecular formula is C24H20O7. The maximum atomic E-state index is 12.7. The molecule has 2 aromatic heterocycles. The second-order valence-corrected chi connectivity index (χ2v) is 7.05. The molecule has 4 aromatic rings. The van der Waals surface area contributed by atoms with Crippen LogP contribution >= 0.6 is 0 Å². The summed E-state index contributed by atoms with van der Waals surface area (Å²) >= 11 is 0. The second kappa shape index (κ2) is 8.47. The summed E-state index contributed by atoms with van der Waals surface area (Å²) in [5.74, 6) is -0.809. The predicted octanol–water partition coefficient (Wildman–Crippen LogP) is 4.56. The Kier molecular flexibility index (Phi) is 5.58. The Morgan fingerprint density at radius 1 is 1.00 bits per heavy atom. The minimum atomic E-state index is -0.692. The van der Waals surface area contributed by atoms with Crippen molar-refractivity contribution in [3.8, 4) is 5.75 Å². The summed E-state index contributed by atoms with van der Waals surface area (Å²) in [6, 6.07) is 13.5. The Labute approximate surface area is 177 Å². The van der Waals surface area contributed by atoms with E-state index < -0.39 is 11.6 Å². The number of hydrogen-bond donors (Lipinski definition) is 0. The summed E-state index contributed by atoms with van der Waals surface area (Å²) in [7, 11) is 0. The van der Waals surface area contributed by atoms with E-state index in [2.05, 4.69) is 0 Å². The highest BCUT2D eigenvalue weighted by molar-refractivity contribution is 5.94. The fourth-order valence-corrected chi connectivity index (χ4v) is 3.38. The van der Waals surface area contributed by atoms with Crippen molar-refractivity contribution >= 4 is 33.9 Å². The standard InChI is InChI=1S/C24H20O7/c1-3-28-22(25)9-8-16-11-17-14(2)10-23(26)30-20(17)13-19(16)31-24(27)21-12-15-6-4-5-7-18(15)29-21/h4-7,10-13H,3,8-9H2,1-2H3. The zero-order chi connectivity index (χ0) is 22.0. The molecule has 2 heterocycles. The van der Waals surface area contributed by atoms with Crippen LogP contribution in [0.4, 0.5) is 0 Å². The van der Waals surface area contributed by atoms with Gasteiger partial charge in [-0.3, -0.25) is 4.79 Å².